The first kappa shape index (κ1) is 24.0. The number of rotatable bonds is 5. The molecule has 0 spiro atoms. The fourth-order valence-electron chi connectivity index (χ4n) is 5.13. The largest absolute Gasteiger partial charge is 0.0587 e. The van der Waals surface area contributed by atoms with E-state index >= 15 is 0 Å². The molecule has 0 amide bonds. The molecule has 0 radical (unpaired) electrons. The second kappa shape index (κ2) is 9.63. The highest BCUT2D eigenvalue weighted by Crippen LogP contribution is 2.37. The Morgan fingerprint density at radius 1 is 0.412 bits per heavy atom. The zero-order valence-electron chi connectivity index (χ0n) is 22.1. The van der Waals surface area contributed by atoms with Crippen molar-refractivity contribution < 1.29 is 0 Å². The summed E-state index contributed by atoms with van der Waals surface area (Å²) >= 11 is 0. The average molecular weight is 447 g/mol. The summed E-state index contributed by atoms with van der Waals surface area (Å²) in [6.07, 6.45) is 0. The SMILES string of the molecule is Cc1ccc(-c2ccc(-c3ccc(-c4ccc(C)cc4C(C)C)c(C)c3)cc2C(C)C)c(C)c1. The lowest BCUT2D eigenvalue weighted by Crippen LogP contribution is -1.97. The molecule has 0 N–H and O–H groups in total. The van der Waals surface area contributed by atoms with Crippen molar-refractivity contribution in [3.05, 3.63) is 106 Å². The van der Waals surface area contributed by atoms with E-state index in [0.29, 0.717) is 11.8 Å². The standard InChI is InChI=1S/C34H38/c1-21(2)33-18-24(6)10-14-31(33)30-15-11-27(19-26(30)8)28-12-16-32(34(20-28)22(3)4)29-13-9-23(5)17-25(29)7/h9-22H,1-8H3. The van der Waals surface area contributed by atoms with Crippen molar-refractivity contribution >= 4 is 0 Å². The predicted octanol–water partition coefficient (Wildman–Crippen LogP) is 10.2. The van der Waals surface area contributed by atoms with Crippen molar-refractivity contribution in [1.82, 2.24) is 0 Å². The number of hydrogen-bond donors (Lipinski definition) is 0. The summed E-state index contributed by atoms with van der Waals surface area (Å²) in [4.78, 5) is 0. The Morgan fingerprint density at radius 2 is 0.824 bits per heavy atom. The molecule has 0 aliphatic heterocycles. The molecule has 174 valence electrons. The average Bonchev–Trinajstić information content (AvgIpc) is 2.79. The highest BCUT2D eigenvalue weighted by atomic mass is 14.2. The summed E-state index contributed by atoms with van der Waals surface area (Å²) in [6, 6.07) is 27.6. The van der Waals surface area contributed by atoms with Crippen LogP contribution in [0.3, 0.4) is 0 Å². The normalized spacial score (nSPS) is 11.5. The molecule has 4 aromatic rings. The van der Waals surface area contributed by atoms with Gasteiger partial charge >= 0.3 is 0 Å². The smallest absolute Gasteiger partial charge is 0.0146 e. The van der Waals surface area contributed by atoms with Crippen LogP contribution in [0.25, 0.3) is 33.4 Å². The minimum atomic E-state index is 0.456. The van der Waals surface area contributed by atoms with Crippen molar-refractivity contribution in [2.24, 2.45) is 0 Å². The third-order valence-corrected chi connectivity index (χ3v) is 7.02. The Balaban J connectivity index is 1.78. The summed E-state index contributed by atoms with van der Waals surface area (Å²) in [5.41, 5.74) is 16.1. The quantitative estimate of drug-likeness (QED) is 0.286. The molecule has 0 heteroatoms. The molecule has 0 heterocycles. The lowest BCUT2D eigenvalue weighted by molar-refractivity contribution is 0.867. The van der Waals surface area contributed by atoms with Crippen molar-refractivity contribution in [2.75, 3.05) is 0 Å². The van der Waals surface area contributed by atoms with Gasteiger partial charge in [-0.15, -0.1) is 0 Å². The second-order valence-corrected chi connectivity index (χ2v) is 10.6. The lowest BCUT2D eigenvalue weighted by atomic mass is 9.86. The fourth-order valence-corrected chi connectivity index (χ4v) is 5.13. The van der Waals surface area contributed by atoms with Gasteiger partial charge in [0.2, 0.25) is 0 Å². The van der Waals surface area contributed by atoms with E-state index in [1.54, 1.807) is 0 Å². The van der Waals surface area contributed by atoms with E-state index in [1.807, 2.05) is 0 Å². The first-order chi connectivity index (χ1) is 16.2. The van der Waals surface area contributed by atoms with Gasteiger partial charge in [0.1, 0.15) is 0 Å². The van der Waals surface area contributed by atoms with E-state index in [9.17, 15) is 0 Å². The molecule has 0 fully saturated rings. The topological polar surface area (TPSA) is 0 Å². The summed E-state index contributed by atoms with van der Waals surface area (Å²) in [7, 11) is 0. The van der Waals surface area contributed by atoms with Crippen LogP contribution in [0, 0.1) is 27.7 Å². The Bertz CT molecular complexity index is 1330. The zero-order valence-corrected chi connectivity index (χ0v) is 22.1. The molecule has 0 aliphatic rings. The van der Waals surface area contributed by atoms with Crippen LogP contribution < -0.4 is 0 Å². The van der Waals surface area contributed by atoms with Gasteiger partial charge in [0.15, 0.2) is 0 Å². The maximum Gasteiger partial charge on any atom is -0.0146 e. The van der Waals surface area contributed by atoms with E-state index < -0.39 is 0 Å². The summed E-state index contributed by atoms with van der Waals surface area (Å²) < 4.78 is 0. The third kappa shape index (κ3) is 4.73. The fraction of sp³-hybridized carbons (Fsp3) is 0.294. The molecule has 0 unspecified atom stereocenters. The van der Waals surface area contributed by atoms with Gasteiger partial charge in [-0.05, 0) is 95.2 Å². The first-order valence-corrected chi connectivity index (χ1v) is 12.6. The van der Waals surface area contributed by atoms with Gasteiger partial charge in [0.25, 0.3) is 0 Å². The van der Waals surface area contributed by atoms with Crippen LogP contribution in [0.1, 0.15) is 72.9 Å². The van der Waals surface area contributed by atoms with E-state index in [2.05, 4.69) is 128 Å². The Labute approximate surface area is 206 Å². The van der Waals surface area contributed by atoms with Crippen LogP contribution in [-0.2, 0) is 0 Å². The first-order valence-electron chi connectivity index (χ1n) is 12.6. The van der Waals surface area contributed by atoms with Gasteiger partial charge in [-0.1, -0.05) is 112 Å². The molecule has 4 rings (SSSR count). The molecule has 0 saturated carbocycles. The van der Waals surface area contributed by atoms with Gasteiger partial charge in [-0.3, -0.25) is 0 Å². The van der Waals surface area contributed by atoms with Crippen LogP contribution in [-0.4, -0.2) is 0 Å². The molecular weight excluding hydrogens is 408 g/mol. The minimum absolute atomic E-state index is 0.456. The minimum Gasteiger partial charge on any atom is -0.0587 e. The molecule has 4 aromatic carbocycles. The van der Waals surface area contributed by atoms with Gasteiger partial charge in [0.05, 0.1) is 0 Å². The molecular formula is C34H38. The molecule has 0 bridgehead atoms. The predicted molar refractivity (Wildman–Crippen MR) is 150 cm³/mol. The van der Waals surface area contributed by atoms with Crippen molar-refractivity contribution in [1.29, 1.82) is 0 Å². The number of benzene rings is 4. The van der Waals surface area contributed by atoms with Crippen molar-refractivity contribution in [3.8, 4) is 33.4 Å². The second-order valence-electron chi connectivity index (χ2n) is 10.6. The van der Waals surface area contributed by atoms with Gasteiger partial charge in [-0.2, -0.15) is 0 Å². The number of aryl methyl sites for hydroxylation is 4. The van der Waals surface area contributed by atoms with E-state index in [-0.39, 0.29) is 0 Å². The molecule has 0 aromatic heterocycles. The van der Waals surface area contributed by atoms with Gasteiger partial charge in [-0.25, -0.2) is 0 Å². The molecule has 0 saturated heterocycles. The van der Waals surface area contributed by atoms with E-state index in [0.717, 1.165) is 0 Å². The summed E-state index contributed by atoms with van der Waals surface area (Å²) in [6.45, 7) is 18.0. The summed E-state index contributed by atoms with van der Waals surface area (Å²) in [5, 5.41) is 0. The van der Waals surface area contributed by atoms with Crippen molar-refractivity contribution in [3.63, 3.8) is 0 Å². The number of hydrogen-bond acceptors (Lipinski definition) is 0. The molecule has 0 atom stereocenters. The highest BCUT2D eigenvalue weighted by molar-refractivity contribution is 5.79. The molecule has 0 aliphatic carbocycles. The van der Waals surface area contributed by atoms with Crippen LogP contribution in [0.2, 0.25) is 0 Å². The van der Waals surface area contributed by atoms with E-state index in [4.69, 9.17) is 0 Å². The van der Waals surface area contributed by atoms with Gasteiger partial charge in [0, 0.05) is 0 Å². The molecule has 34 heavy (non-hydrogen) atoms. The van der Waals surface area contributed by atoms with E-state index in [1.165, 1.54) is 66.8 Å². The monoisotopic (exact) mass is 446 g/mol. The van der Waals surface area contributed by atoms with Crippen LogP contribution >= 0.6 is 0 Å². The zero-order chi connectivity index (χ0) is 24.6. The molecule has 0 nitrogen and oxygen atoms in total. The van der Waals surface area contributed by atoms with Crippen molar-refractivity contribution in [2.45, 2.75) is 67.2 Å². The highest BCUT2D eigenvalue weighted by Gasteiger charge is 2.15. The Hall–Kier alpha value is -3.12. The maximum absolute atomic E-state index is 2.40. The van der Waals surface area contributed by atoms with Crippen LogP contribution in [0.5, 0.6) is 0 Å². The third-order valence-electron chi connectivity index (χ3n) is 7.02. The Kier molecular flexibility index (Phi) is 6.80. The lowest BCUT2D eigenvalue weighted by Gasteiger charge is -2.19. The summed E-state index contributed by atoms with van der Waals surface area (Å²) in [5.74, 6) is 0.956. The Morgan fingerprint density at radius 3 is 1.35 bits per heavy atom. The van der Waals surface area contributed by atoms with Crippen LogP contribution in [0.4, 0.5) is 0 Å². The maximum atomic E-state index is 2.40. The van der Waals surface area contributed by atoms with Gasteiger partial charge < -0.3 is 0 Å². The van der Waals surface area contributed by atoms with Crippen LogP contribution in [0.15, 0.2) is 72.8 Å².